The zero-order valence-electron chi connectivity index (χ0n) is 15.2. The molecule has 1 heterocycles. The van der Waals surface area contributed by atoms with Crippen molar-refractivity contribution in [2.45, 2.75) is 24.2 Å². The summed E-state index contributed by atoms with van der Waals surface area (Å²) >= 11 is 0. The summed E-state index contributed by atoms with van der Waals surface area (Å²) in [5, 5.41) is 0. The second-order valence-electron chi connectivity index (χ2n) is 6.64. The molecule has 2 aromatic carbocycles. The average Bonchev–Trinajstić information content (AvgIpc) is 3.13. The highest BCUT2D eigenvalue weighted by Crippen LogP contribution is 2.35. The van der Waals surface area contributed by atoms with Gasteiger partial charge in [0.15, 0.2) is 5.78 Å². The average molecular weight is 409 g/mol. The van der Waals surface area contributed by atoms with Crippen LogP contribution in [0.2, 0.25) is 0 Å². The van der Waals surface area contributed by atoms with E-state index in [0.717, 1.165) is 5.56 Å². The molecule has 0 aliphatic carbocycles. The van der Waals surface area contributed by atoms with E-state index in [-0.39, 0.29) is 34.9 Å². The fraction of sp³-hybridized carbons (Fsp3) is 0.350. The molecule has 1 aliphatic rings. The van der Waals surface area contributed by atoms with Gasteiger partial charge in [-0.2, -0.15) is 4.31 Å². The molecule has 2 N–H and O–H groups in total. The first-order chi connectivity index (χ1) is 12.5. The molecule has 1 aliphatic heterocycles. The number of halogens is 1. The van der Waals surface area contributed by atoms with Crippen LogP contribution in [0.5, 0.6) is 0 Å². The summed E-state index contributed by atoms with van der Waals surface area (Å²) in [4.78, 5) is 12.1. The Morgan fingerprint density at radius 1 is 1.11 bits per heavy atom. The van der Waals surface area contributed by atoms with Crippen molar-refractivity contribution in [1.29, 1.82) is 0 Å². The molecule has 0 unspecified atom stereocenters. The predicted octanol–water partition coefficient (Wildman–Crippen LogP) is 3.06. The van der Waals surface area contributed by atoms with Crippen LogP contribution < -0.4 is 5.73 Å². The van der Waals surface area contributed by atoms with Crippen LogP contribution >= 0.6 is 12.4 Å². The molecule has 0 saturated carbocycles. The summed E-state index contributed by atoms with van der Waals surface area (Å²) in [6.45, 7) is 2.99. The molecule has 2 atom stereocenters. The Morgan fingerprint density at radius 2 is 1.81 bits per heavy atom. The van der Waals surface area contributed by atoms with Gasteiger partial charge in [0, 0.05) is 31.0 Å². The lowest BCUT2D eigenvalue weighted by Gasteiger charge is -2.17. The number of rotatable bonds is 6. The first-order valence-electron chi connectivity index (χ1n) is 8.85. The van der Waals surface area contributed by atoms with Crippen molar-refractivity contribution in [2.24, 2.45) is 11.7 Å². The van der Waals surface area contributed by atoms with Gasteiger partial charge in [0.2, 0.25) is 10.0 Å². The number of Topliss-reactive ketones (excluding diaryl/α,β-unsaturated/α-hetero) is 1. The lowest BCUT2D eigenvalue weighted by atomic mass is 9.89. The summed E-state index contributed by atoms with van der Waals surface area (Å²) in [5.74, 6) is 0.0922. The lowest BCUT2D eigenvalue weighted by Crippen LogP contribution is -2.30. The van der Waals surface area contributed by atoms with E-state index >= 15 is 0 Å². The highest BCUT2D eigenvalue weighted by molar-refractivity contribution is 7.89. The van der Waals surface area contributed by atoms with Crippen LogP contribution in [0.1, 0.15) is 35.2 Å². The molecule has 3 rings (SSSR count). The van der Waals surface area contributed by atoms with Gasteiger partial charge in [0.25, 0.3) is 0 Å². The summed E-state index contributed by atoms with van der Waals surface area (Å²) < 4.78 is 27.7. The van der Waals surface area contributed by atoms with Crippen molar-refractivity contribution >= 4 is 28.2 Å². The zero-order chi connectivity index (χ0) is 18.7. The minimum absolute atomic E-state index is 0. The maximum Gasteiger partial charge on any atom is 0.243 e. The van der Waals surface area contributed by atoms with Gasteiger partial charge >= 0.3 is 0 Å². The Balaban J connectivity index is 0.00000261. The molecule has 0 radical (unpaired) electrons. The number of carbonyl (C=O) groups excluding carboxylic acids is 1. The molecule has 7 heteroatoms. The van der Waals surface area contributed by atoms with Crippen LogP contribution in [0.3, 0.4) is 0 Å². The van der Waals surface area contributed by atoms with Crippen LogP contribution in [0.25, 0.3) is 0 Å². The van der Waals surface area contributed by atoms with Crippen molar-refractivity contribution < 1.29 is 13.2 Å². The number of carbonyl (C=O) groups is 1. The number of hydrogen-bond acceptors (Lipinski definition) is 4. The minimum Gasteiger partial charge on any atom is -0.330 e. The highest BCUT2D eigenvalue weighted by Gasteiger charge is 2.39. The Labute approximate surface area is 167 Å². The molecule has 0 bridgehead atoms. The molecular weight excluding hydrogens is 384 g/mol. The molecule has 0 amide bonds. The van der Waals surface area contributed by atoms with Gasteiger partial charge in [0.05, 0.1) is 4.90 Å². The highest BCUT2D eigenvalue weighted by atomic mass is 35.5. The number of nitrogens with two attached hydrogens (primary N) is 1. The lowest BCUT2D eigenvalue weighted by molar-refractivity contribution is 0.0988. The van der Waals surface area contributed by atoms with E-state index in [2.05, 4.69) is 0 Å². The van der Waals surface area contributed by atoms with Gasteiger partial charge in [-0.1, -0.05) is 49.4 Å². The van der Waals surface area contributed by atoms with E-state index < -0.39 is 10.0 Å². The summed E-state index contributed by atoms with van der Waals surface area (Å²) in [6.07, 6.45) is 0.346. The normalized spacial score (nSPS) is 20.2. The Hall–Kier alpha value is -1.73. The first-order valence-corrected chi connectivity index (χ1v) is 10.3. The van der Waals surface area contributed by atoms with Crippen molar-refractivity contribution in [3.05, 3.63) is 65.7 Å². The Kier molecular flexibility index (Phi) is 7.17. The number of nitrogens with zero attached hydrogens (tertiary/aromatic N) is 1. The molecule has 1 saturated heterocycles. The third-order valence-corrected chi connectivity index (χ3v) is 6.88. The number of sulfonamides is 1. The van der Waals surface area contributed by atoms with Crippen LogP contribution in [0.15, 0.2) is 59.5 Å². The van der Waals surface area contributed by atoms with Crippen molar-refractivity contribution in [3.63, 3.8) is 0 Å². The largest absolute Gasteiger partial charge is 0.330 e. The first kappa shape index (κ1) is 21.6. The maximum atomic E-state index is 13.1. The predicted molar refractivity (Wildman–Crippen MR) is 109 cm³/mol. The van der Waals surface area contributed by atoms with E-state index in [4.69, 9.17) is 5.73 Å². The monoisotopic (exact) mass is 408 g/mol. The number of hydrogen-bond donors (Lipinski definition) is 1. The minimum atomic E-state index is -3.66. The van der Waals surface area contributed by atoms with Crippen molar-refractivity contribution in [2.75, 3.05) is 19.6 Å². The second kappa shape index (κ2) is 8.97. The van der Waals surface area contributed by atoms with E-state index in [9.17, 15) is 13.2 Å². The fourth-order valence-corrected chi connectivity index (χ4v) is 5.10. The van der Waals surface area contributed by atoms with E-state index in [0.29, 0.717) is 31.6 Å². The molecule has 5 nitrogen and oxygen atoms in total. The standard InChI is InChI=1S/C20H24N2O3S.ClH/c1-2-20(23)16-9-6-10-18(11-16)26(24,25)22-13-17(12-21)19(14-22)15-7-4-3-5-8-15;/h3-11,17,19H,2,12-14,21H2,1H3;1H/t17-,19+;/m1./s1. The van der Waals surface area contributed by atoms with E-state index in [1.807, 2.05) is 30.3 Å². The second-order valence-corrected chi connectivity index (χ2v) is 8.58. The third kappa shape index (κ3) is 4.41. The molecule has 1 fully saturated rings. The quantitative estimate of drug-likeness (QED) is 0.745. The summed E-state index contributed by atoms with van der Waals surface area (Å²) in [6, 6.07) is 16.2. The number of ketones is 1. The van der Waals surface area contributed by atoms with Gasteiger partial charge in [-0.25, -0.2) is 8.42 Å². The molecule has 0 aromatic heterocycles. The molecule has 146 valence electrons. The Bertz CT molecular complexity index is 887. The SMILES string of the molecule is CCC(=O)c1cccc(S(=O)(=O)N2C[C@@H](CN)[C@H](c3ccccc3)C2)c1.Cl. The van der Waals surface area contributed by atoms with Crippen molar-refractivity contribution in [1.82, 2.24) is 4.31 Å². The van der Waals surface area contributed by atoms with E-state index in [1.54, 1.807) is 25.1 Å². The van der Waals surface area contributed by atoms with Crippen LogP contribution in [-0.4, -0.2) is 38.1 Å². The van der Waals surface area contributed by atoms with Crippen LogP contribution in [0, 0.1) is 5.92 Å². The fourth-order valence-electron chi connectivity index (χ4n) is 3.53. The molecule has 27 heavy (non-hydrogen) atoms. The van der Waals surface area contributed by atoms with Gasteiger partial charge in [-0.15, -0.1) is 12.4 Å². The van der Waals surface area contributed by atoms with Crippen LogP contribution in [-0.2, 0) is 10.0 Å². The maximum absolute atomic E-state index is 13.1. The van der Waals surface area contributed by atoms with Gasteiger partial charge in [0.1, 0.15) is 0 Å². The van der Waals surface area contributed by atoms with E-state index in [1.165, 1.54) is 10.4 Å². The van der Waals surface area contributed by atoms with Crippen LogP contribution in [0.4, 0.5) is 0 Å². The van der Waals surface area contributed by atoms with Gasteiger partial charge < -0.3 is 5.73 Å². The Morgan fingerprint density at radius 3 is 2.44 bits per heavy atom. The molecule has 2 aromatic rings. The van der Waals surface area contributed by atoms with Gasteiger partial charge in [-0.3, -0.25) is 4.79 Å². The summed E-state index contributed by atoms with van der Waals surface area (Å²) in [5.41, 5.74) is 7.46. The smallest absolute Gasteiger partial charge is 0.243 e. The molecular formula is C20H25ClN2O3S. The topological polar surface area (TPSA) is 80.5 Å². The zero-order valence-corrected chi connectivity index (χ0v) is 16.9. The third-order valence-electron chi connectivity index (χ3n) is 5.05. The molecule has 0 spiro atoms. The summed E-state index contributed by atoms with van der Waals surface area (Å²) in [7, 11) is -3.66. The van der Waals surface area contributed by atoms with Gasteiger partial charge in [-0.05, 0) is 30.2 Å². The number of benzene rings is 2. The van der Waals surface area contributed by atoms with Crippen molar-refractivity contribution in [3.8, 4) is 0 Å².